The van der Waals surface area contributed by atoms with E-state index in [4.69, 9.17) is 10.5 Å². The normalized spacial score (nSPS) is 28.6. The molecule has 0 spiro atoms. The molecule has 84 valence electrons. The molecule has 3 N–H and O–H groups in total. The molecular weight excluding hydrogens is 201 g/mol. The van der Waals surface area contributed by atoms with Gasteiger partial charge in [-0.1, -0.05) is 6.92 Å². The summed E-state index contributed by atoms with van der Waals surface area (Å²) in [5.41, 5.74) is 5.71. The van der Waals surface area contributed by atoms with Crippen molar-refractivity contribution in [1.82, 2.24) is 0 Å². The Hall–Kier alpha value is 0.110. The van der Waals surface area contributed by atoms with E-state index >= 15 is 0 Å². The van der Waals surface area contributed by atoms with Crippen LogP contribution in [-0.2, 0) is 9.30 Å². The quantitative estimate of drug-likeness (QED) is 0.690. The van der Waals surface area contributed by atoms with Crippen molar-refractivity contribution in [1.29, 1.82) is 0 Å². The van der Waals surface area contributed by atoms with Crippen molar-refractivity contribution in [3.63, 3.8) is 0 Å². The highest BCUT2D eigenvalue weighted by Gasteiger charge is 2.34. The highest BCUT2D eigenvalue weighted by atomic mass is 31.2. The summed E-state index contributed by atoms with van der Waals surface area (Å²) in [6.07, 6.45) is 3.38. The zero-order chi connectivity index (χ0) is 10.6. The van der Waals surface area contributed by atoms with E-state index in [9.17, 15) is 9.46 Å². The van der Waals surface area contributed by atoms with Gasteiger partial charge in [-0.25, -0.2) is 0 Å². The van der Waals surface area contributed by atoms with Gasteiger partial charge in [0.05, 0.1) is 0 Å². The summed E-state index contributed by atoms with van der Waals surface area (Å²) in [6, 6.07) is 0.0388. The summed E-state index contributed by atoms with van der Waals surface area (Å²) in [5.74, 6) is -0.424. The van der Waals surface area contributed by atoms with Crippen molar-refractivity contribution < 1.29 is 14.2 Å². The summed E-state index contributed by atoms with van der Waals surface area (Å²) in [7, 11) is -3.11. The Balaban J connectivity index is 2.36. The van der Waals surface area contributed by atoms with Gasteiger partial charge in [-0.15, -0.1) is 0 Å². The first-order chi connectivity index (χ1) is 6.56. The minimum absolute atomic E-state index is 0.0388. The van der Waals surface area contributed by atoms with Crippen LogP contribution in [0.15, 0.2) is 0 Å². The molecule has 0 bridgehead atoms. The molecule has 4 nitrogen and oxygen atoms in total. The van der Waals surface area contributed by atoms with Crippen molar-refractivity contribution in [2.75, 3.05) is 12.8 Å². The first-order valence-electron chi connectivity index (χ1n) is 5.25. The van der Waals surface area contributed by atoms with Crippen molar-refractivity contribution in [3.05, 3.63) is 0 Å². The Kier molecular flexibility index (Phi) is 4.58. The Morgan fingerprint density at radius 1 is 1.71 bits per heavy atom. The van der Waals surface area contributed by atoms with E-state index in [2.05, 4.69) is 0 Å². The lowest BCUT2D eigenvalue weighted by molar-refractivity contribution is 0.154. The van der Waals surface area contributed by atoms with Gasteiger partial charge in [-0.05, 0) is 25.7 Å². The van der Waals surface area contributed by atoms with Gasteiger partial charge in [-0.2, -0.15) is 0 Å². The molecule has 1 aliphatic heterocycles. The molecule has 0 aromatic rings. The minimum Gasteiger partial charge on any atom is -0.368 e. The number of hydrogen-bond donors (Lipinski definition) is 2. The van der Waals surface area contributed by atoms with E-state index in [0.717, 1.165) is 19.3 Å². The molecule has 1 aliphatic rings. The standard InChI is InChI=1S/C9H20NO3P/c1-2-8(10)5-7-14(11,12)9-4-3-6-13-9/h8-9H,2-7,10H2,1H3,(H,11,12). The first-order valence-corrected chi connectivity index (χ1v) is 7.16. The lowest BCUT2D eigenvalue weighted by Crippen LogP contribution is -2.21. The summed E-state index contributed by atoms with van der Waals surface area (Å²) in [5, 5.41) is 0. The van der Waals surface area contributed by atoms with Gasteiger partial charge in [0, 0.05) is 18.8 Å². The fourth-order valence-corrected chi connectivity index (χ4v) is 3.49. The van der Waals surface area contributed by atoms with Gasteiger partial charge in [0.1, 0.15) is 5.85 Å². The monoisotopic (exact) mass is 221 g/mol. The van der Waals surface area contributed by atoms with Crippen LogP contribution >= 0.6 is 7.37 Å². The van der Waals surface area contributed by atoms with Crippen LogP contribution in [0.5, 0.6) is 0 Å². The summed E-state index contributed by atoms with van der Waals surface area (Å²) in [4.78, 5) is 9.73. The van der Waals surface area contributed by atoms with Crippen LogP contribution in [0.3, 0.4) is 0 Å². The lowest BCUT2D eigenvalue weighted by atomic mass is 10.2. The van der Waals surface area contributed by atoms with Gasteiger partial charge in [-0.3, -0.25) is 4.57 Å². The lowest BCUT2D eigenvalue weighted by Gasteiger charge is -2.19. The Labute approximate surface area is 85.3 Å². The average Bonchev–Trinajstić information content (AvgIpc) is 2.67. The van der Waals surface area contributed by atoms with Gasteiger partial charge < -0.3 is 15.4 Å². The highest BCUT2D eigenvalue weighted by molar-refractivity contribution is 7.58. The zero-order valence-electron chi connectivity index (χ0n) is 8.69. The molecule has 1 saturated heterocycles. The Morgan fingerprint density at radius 2 is 2.43 bits per heavy atom. The molecule has 1 fully saturated rings. The van der Waals surface area contributed by atoms with Crippen LogP contribution < -0.4 is 5.73 Å². The van der Waals surface area contributed by atoms with Crippen LogP contribution in [0.2, 0.25) is 0 Å². The van der Waals surface area contributed by atoms with E-state index in [0.29, 0.717) is 19.2 Å². The fraction of sp³-hybridized carbons (Fsp3) is 1.00. The van der Waals surface area contributed by atoms with E-state index < -0.39 is 13.2 Å². The maximum Gasteiger partial charge on any atom is 0.228 e. The van der Waals surface area contributed by atoms with E-state index in [1.807, 2.05) is 6.92 Å². The highest BCUT2D eigenvalue weighted by Crippen LogP contribution is 2.51. The largest absolute Gasteiger partial charge is 0.368 e. The van der Waals surface area contributed by atoms with Crippen molar-refractivity contribution in [2.45, 2.75) is 44.5 Å². The zero-order valence-corrected chi connectivity index (χ0v) is 9.58. The predicted octanol–water partition coefficient (Wildman–Crippen LogP) is 1.52. The summed E-state index contributed by atoms with van der Waals surface area (Å²) < 4.78 is 17.0. The van der Waals surface area contributed by atoms with E-state index in [-0.39, 0.29) is 6.04 Å². The van der Waals surface area contributed by atoms with Crippen LogP contribution in [0.4, 0.5) is 0 Å². The molecular formula is C9H20NO3P. The van der Waals surface area contributed by atoms with E-state index in [1.54, 1.807) is 0 Å². The third-order valence-electron chi connectivity index (χ3n) is 2.70. The molecule has 0 aromatic heterocycles. The fourth-order valence-electron chi connectivity index (χ4n) is 1.58. The number of rotatable bonds is 5. The second-order valence-electron chi connectivity index (χ2n) is 3.90. The van der Waals surface area contributed by atoms with Crippen LogP contribution in [0, 0.1) is 0 Å². The number of ether oxygens (including phenoxy) is 1. The maximum atomic E-state index is 11.8. The second-order valence-corrected chi connectivity index (χ2v) is 6.44. The first kappa shape index (κ1) is 12.2. The third-order valence-corrected chi connectivity index (χ3v) is 4.91. The third kappa shape index (κ3) is 3.35. The summed E-state index contributed by atoms with van der Waals surface area (Å²) in [6.45, 7) is 2.61. The second kappa shape index (κ2) is 5.26. The Bertz CT molecular complexity index is 216. The Morgan fingerprint density at radius 3 is 2.93 bits per heavy atom. The van der Waals surface area contributed by atoms with Crippen molar-refractivity contribution >= 4 is 7.37 Å². The smallest absolute Gasteiger partial charge is 0.228 e. The van der Waals surface area contributed by atoms with Gasteiger partial charge in [0.25, 0.3) is 0 Å². The van der Waals surface area contributed by atoms with Crippen LogP contribution in [-0.4, -0.2) is 29.5 Å². The molecule has 1 rings (SSSR count). The number of hydrogen-bond acceptors (Lipinski definition) is 3. The molecule has 1 heterocycles. The molecule has 0 aliphatic carbocycles. The molecule has 3 atom stereocenters. The van der Waals surface area contributed by atoms with Gasteiger partial charge in [0.2, 0.25) is 7.37 Å². The van der Waals surface area contributed by atoms with Crippen LogP contribution in [0.25, 0.3) is 0 Å². The molecule has 0 saturated carbocycles. The topological polar surface area (TPSA) is 72.6 Å². The molecule has 0 aromatic carbocycles. The van der Waals surface area contributed by atoms with Gasteiger partial charge in [0.15, 0.2) is 0 Å². The van der Waals surface area contributed by atoms with Crippen molar-refractivity contribution in [3.8, 4) is 0 Å². The van der Waals surface area contributed by atoms with Gasteiger partial charge >= 0.3 is 0 Å². The maximum absolute atomic E-state index is 11.8. The minimum atomic E-state index is -3.11. The molecule has 0 radical (unpaired) electrons. The molecule has 3 unspecified atom stereocenters. The number of nitrogens with two attached hydrogens (primary N) is 1. The molecule has 0 amide bonds. The molecule has 14 heavy (non-hydrogen) atoms. The summed E-state index contributed by atoms with van der Waals surface area (Å²) >= 11 is 0. The van der Waals surface area contributed by atoms with Crippen molar-refractivity contribution in [2.24, 2.45) is 5.73 Å². The van der Waals surface area contributed by atoms with E-state index in [1.165, 1.54) is 0 Å². The molecule has 5 heteroatoms. The average molecular weight is 221 g/mol. The SMILES string of the molecule is CCC(N)CCP(=O)(O)C1CCCO1. The van der Waals surface area contributed by atoms with Crippen LogP contribution in [0.1, 0.15) is 32.6 Å². The predicted molar refractivity (Wildman–Crippen MR) is 56.5 cm³/mol.